The molecule has 2 aromatic rings. The van der Waals surface area contributed by atoms with Gasteiger partial charge in [-0.25, -0.2) is 26.4 Å². The number of hydrogen-bond donors (Lipinski definition) is 3. The maximum atomic E-state index is 13.9. The van der Waals surface area contributed by atoms with E-state index in [-0.39, 0.29) is 10.6 Å². The molecule has 0 spiro atoms. The second kappa shape index (κ2) is 10.2. The highest BCUT2D eigenvalue weighted by Gasteiger charge is 2.31. The smallest absolute Gasteiger partial charge is 0.324 e. The summed E-state index contributed by atoms with van der Waals surface area (Å²) >= 11 is 0. The van der Waals surface area contributed by atoms with Crippen LogP contribution in [0.5, 0.6) is 0 Å². The number of nitrogens with one attached hydrogen (secondary N) is 2. The molecule has 0 aliphatic heterocycles. The van der Waals surface area contributed by atoms with Crippen molar-refractivity contribution in [3.05, 3.63) is 54.3 Å². The van der Waals surface area contributed by atoms with Crippen LogP contribution in [0.25, 0.3) is 0 Å². The Morgan fingerprint density at radius 2 is 1.72 bits per heavy atom. The first kappa shape index (κ1) is 25.4. The van der Waals surface area contributed by atoms with Crippen molar-refractivity contribution in [1.29, 1.82) is 0 Å². The lowest BCUT2D eigenvalue weighted by atomic mass is 10.1. The number of benzene rings is 2. The van der Waals surface area contributed by atoms with Gasteiger partial charge in [0, 0.05) is 5.69 Å². The first-order valence-electron chi connectivity index (χ1n) is 9.17. The first-order valence-corrected chi connectivity index (χ1v) is 12.2. The van der Waals surface area contributed by atoms with Crippen LogP contribution in [-0.2, 0) is 34.4 Å². The third-order valence-electron chi connectivity index (χ3n) is 4.12. The Kier molecular flexibility index (Phi) is 8.07. The summed E-state index contributed by atoms with van der Waals surface area (Å²) in [4.78, 5) is 23.6. The molecule has 174 valence electrons. The fraction of sp³-hybridized carbons (Fsp3) is 0.263. The van der Waals surface area contributed by atoms with Crippen molar-refractivity contribution < 1.29 is 35.6 Å². The van der Waals surface area contributed by atoms with Crippen LogP contribution in [0.15, 0.2) is 58.3 Å². The number of sulfonamides is 2. The largest absolute Gasteiger partial charge is 0.454 e. The lowest BCUT2D eigenvalue weighted by Gasteiger charge is -2.21. The van der Waals surface area contributed by atoms with Gasteiger partial charge in [0.05, 0.1) is 4.90 Å². The number of hydrogen-bond acceptors (Lipinski definition) is 7. The summed E-state index contributed by atoms with van der Waals surface area (Å²) in [5, 5.41) is 7.36. The first-order chi connectivity index (χ1) is 14.8. The molecule has 0 heterocycles. The monoisotopic (exact) mass is 487 g/mol. The Bertz CT molecular complexity index is 1210. The lowest BCUT2D eigenvalue weighted by molar-refractivity contribution is -0.150. The molecule has 0 radical (unpaired) electrons. The molecule has 2 rings (SSSR count). The van der Waals surface area contributed by atoms with Gasteiger partial charge in [0.1, 0.15) is 16.8 Å². The van der Waals surface area contributed by atoms with E-state index < -0.39 is 61.2 Å². The van der Waals surface area contributed by atoms with E-state index in [1.54, 1.807) is 0 Å². The molecule has 0 aliphatic rings. The number of esters is 1. The summed E-state index contributed by atoms with van der Waals surface area (Å²) in [7, 11) is -8.36. The number of halogens is 1. The zero-order valence-corrected chi connectivity index (χ0v) is 18.7. The van der Waals surface area contributed by atoms with Gasteiger partial charge in [-0.05, 0) is 36.2 Å². The number of rotatable bonds is 9. The van der Waals surface area contributed by atoms with Crippen LogP contribution in [0.4, 0.5) is 10.1 Å². The minimum Gasteiger partial charge on any atom is -0.454 e. The zero-order valence-electron chi connectivity index (χ0n) is 17.1. The van der Waals surface area contributed by atoms with E-state index in [2.05, 4.69) is 10.0 Å². The Morgan fingerprint density at radius 3 is 2.31 bits per heavy atom. The highest BCUT2D eigenvalue weighted by atomic mass is 32.2. The molecule has 0 unspecified atom stereocenters. The molecular weight excluding hydrogens is 465 g/mol. The summed E-state index contributed by atoms with van der Waals surface area (Å²) in [6.45, 7) is 2.30. The van der Waals surface area contributed by atoms with E-state index in [1.165, 1.54) is 44.2 Å². The Balaban J connectivity index is 2.04. The van der Waals surface area contributed by atoms with Crippen LogP contribution < -0.4 is 15.2 Å². The van der Waals surface area contributed by atoms with Crippen LogP contribution in [0.2, 0.25) is 0 Å². The minimum atomic E-state index is -4.38. The van der Waals surface area contributed by atoms with Crippen LogP contribution in [0, 0.1) is 11.7 Å². The van der Waals surface area contributed by atoms with Crippen molar-refractivity contribution in [3.63, 3.8) is 0 Å². The second-order valence-electron chi connectivity index (χ2n) is 7.00. The standard InChI is InChI=1S/C19H22FN3O7S2/c1-12(2)18(23-32(28,29)16-9-4-3-8-15(16)20)19(25)30-11-17(24)22-13-6-5-7-14(10-13)31(21,26)27/h3-10,12,18,23H,11H2,1-2H3,(H,22,24)(H2,21,26,27)/t18-/m0/s1. The van der Waals surface area contributed by atoms with Crippen LogP contribution in [0.3, 0.4) is 0 Å². The molecule has 10 nitrogen and oxygen atoms in total. The van der Waals surface area contributed by atoms with Crippen molar-refractivity contribution in [2.45, 2.75) is 29.7 Å². The van der Waals surface area contributed by atoms with Gasteiger partial charge in [-0.1, -0.05) is 32.0 Å². The molecule has 0 aromatic heterocycles. The van der Waals surface area contributed by atoms with Gasteiger partial charge in [-0.2, -0.15) is 4.72 Å². The summed E-state index contributed by atoms with van der Waals surface area (Å²) in [5.41, 5.74) is 0.0956. The van der Waals surface area contributed by atoms with Crippen molar-refractivity contribution in [1.82, 2.24) is 4.72 Å². The average Bonchev–Trinajstić information content (AvgIpc) is 2.70. The number of nitrogens with two attached hydrogens (primary N) is 1. The maximum absolute atomic E-state index is 13.9. The second-order valence-corrected chi connectivity index (χ2v) is 10.2. The number of carbonyl (C=O) groups is 2. The van der Waals surface area contributed by atoms with E-state index in [1.807, 2.05) is 0 Å². The predicted octanol–water partition coefficient (Wildman–Crippen LogP) is 0.958. The zero-order chi connectivity index (χ0) is 24.1. The summed E-state index contributed by atoms with van der Waals surface area (Å²) in [6.07, 6.45) is 0. The molecule has 0 bridgehead atoms. The highest BCUT2D eigenvalue weighted by Crippen LogP contribution is 2.17. The van der Waals surface area contributed by atoms with Gasteiger partial charge >= 0.3 is 5.97 Å². The third kappa shape index (κ3) is 6.82. The summed E-state index contributed by atoms with van der Waals surface area (Å²) < 4.78 is 68.5. The average molecular weight is 488 g/mol. The van der Waals surface area contributed by atoms with Crippen LogP contribution in [0.1, 0.15) is 13.8 Å². The van der Waals surface area contributed by atoms with Crippen molar-refractivity contribution in [2.75, 3.05) is 11.9 Å². The van der Waals surface area contributed by atoms with Gasteiger partial charge in [0.2, 0.25) is 20.0 Å². The molecule has 0 fully saturated rings. The number of amides is 1. The Hall–Kier alpha value is -2.87. The van der Waals surface area contributed by atoms with E-state index in [9.17, 15) is 30.8 Å². The summed E-state index contributed by atoms with van der Waals surface area (Å²) in [5.74, 6) is -3.42. The SMILES string of the molecule is CC(C)[C@H](NS(=O)(=O)c1ccccc1F)C(=O)OCC(=O)Nc1cccc(S(N)(=O)=O)c1. The number of ether oxygens (including phenoxy) is 1. The van der Waals surface area contributed by atoms with Gasteiger partial charge < -0.3 is 10.1 Å². The molecule has 13 heteroatoms. The fourth-order valence-corrected chi connectivity index (χ4v) is 4.50. The van der Waals surface area contributed by atoms with Crippen molar-refractivity contribution in [3.8, 4) is 0 Å². The van der Waals surface area contributed by atoms with Gasteiger partial charge in [-0.3, -0.25) is 9.59 Å². The fourth-order valence-electron chi connectivity index (χ4n) is 2.52. The minimum absolute atomic E-state index is 0.0956. The van der Waals surface area contributed by atoms with E-state index in [4.69, 9.17) is 9.88 Å². The van der Waals surface area contributed by atoms with Crippen molar-refractivity contribution in [2.24, 2.45) is 11.1 Å². The number of anilines is 1. The van der Waals surface area contributed by atoms with Crippen molar-refractivity contribution >= 4 is 37.6 Å². The molecule has 4 N–H and O–H groups in total. The van der Waals surface area contributed by atoms with Gasteiger partial charge in [-0.15, -0.1) is 0 Å². The molecular formula is C19H22FN3O7S2. The van der Waals surface area contributed by atoms with Crippen LogP contribution >= 0.6 is 0 Å². The quantitative estimate of drug-likeness (QED) is 0.444. The number of primary sulfonamides is 1. The maximum Gasteiger partial charge on any atom is 0.324 e. The van der Waals surface area contributed by atoms with Gasteiger partial charge in [0.15, 0.2) is 6.61 Å². The molecule has 32 heavy (non-hydrogen) atoms. The predicted molar refractivity (Wildman–Crippen MR) is 113 cm³/mol. The molecule has 2 aromatic carbocycles. The molecule has 0 aliphatic carbocycles. The van der Waals surface area contributed by atoms with E-state index >= 15 is 0 Å². The van der Waals surface area contributed by atoms with E-state index in [0.717, 1.165) is 18.2 Å². The van der Waals surface area contributed by atoms with E-state index in [0.29, 0.717) is 0 Å². The Labute approximate surface area is 185 Å². The molecule has 0 saturated heterocycles. The topological polar surface area (TPSA) is 162 Å². The van der Waals surface area contributed by atoms with Crippen LogP contribution in [-0.4, -0.2) is 41.4 Å². The van der Waals surface area contributed by atoms with Gasteiger partial charge in [0.25, 0.3) is 5.91 Å². The lowest BCUT2D eigenvalue weighted by Crippen LogP contribution is -2.46. The normalized spacial score (nSPS) is 12.9. The molecule has 1 amide bonds. The molecule has 1 atom stereocenters. The highest BCUT2D eigenvalue weighted by molar-refractivity contribution is 7.89. The number of carbonyl (C=O) groups excluding carboxylic acids is 2. The third-order valence-corrected chi connectivity index (χ3v) is 6.51. The summed E-state index contributed by atoms with van der Waals surface area (Å²) in [6, 6.07) is 8.37. The molecule has 0 saturated carbocycles. The Morgan fingerprint density at radius 1 is 1.06 bits per heavy atom.